The van der Waals surface area contributed by atoms with E-state index in [-0.39, 0.29) is 24.0 Å². The number of hydrogen-bond donors (Lipinski definition) is 1. The van der Waals surface area contributed by atoms with E-state index < -0.39 is 0 Å². The van der Waals surface area contributed by atoms with E-state index in [1.54, 1.807) is 7.11 Å². The number of nitrogens with one attached hydrogen (secondary N) is 1. The molecule has 2 aliphatic heterocycles. The third-order valence-corrected chi connectivity index (χ3v) is 5.29. The van der Waals surface area contributed by atoms with Crippen LogP contribution in [-0.2, 0) is 11.3 Å². The van der Waals surface area contributed by atoms with Crippen molar-refractivity contribution < 1.29 is 4.74 Å². The Kier molecular flexibility index (Phi) is 9.04. The van der Waals surface area contributed by atoms with E-state index >= 15 is 0 Å². The summed E-state index contributed by atoms with van der Waals surface area (Å²) >= 11 is 0. The Morgan fingerprint density at radius 1 is 1.26 bits per heavy atom. The molecule has 0 bridgehead atoms. The molecule has 0 aromatic carbocycles. The number of ether oxygens (including phenoxy) is 1. The van der Waals surface area contributed by atoms with Gasteiger partial charge in [-0.25, -0.2) is 4.98 Å². The van der Waals surface area contributed by atoms with Crippen molar-refractivity contribution in [3.8, 4) is 0 Å². The maximum Gasteiger partial charge on any atom is 0.193 e. The van der Waals surface area contributed by atoms with Crippen LogP contribution in [0.5, 0.6) is 0 Å². The molecule has 1 atom stereocenters. The number of aliphatic imine (C=N–C) groups is 1. The Morgan fingerprint density at radius 3 is 2.67 bits per heavy atom. The lowest BCUT2D eigenvalue weighted by molar-refractivity contribution is 0.157. The molecule has 2 aliphatic rings. The molecule has 1 unspecified atom stereocenters. The standard InChI is InChI=1S/C19H32N6O.HI/c1-20-19(25-7-6-17(14-25)15-26-3)22-13-16-4-5-18(21-12-16)24-10-8-23(2)9-11-24;/h4-5,12,17H,6-11,13-15H2,1-3H3,(H,20,22);1H. The average Bonchev–Trinajstić information content (AvgIpc) is 3.12. The van der Waals surface area contributed by atoms with Crippen LogP contribution in [0.1, 0.15) is 12.0 Å². The number of aromatic nitrogens is 1. The third-order valence-electron chi connectivity index (χ3n) is 5.29. The van der Waals surface area contributed by atoms with Gasteiger partial charge in [0.05, 0.1) is 6.61 Å². The van der Waals surface area contributed by atoms with Gasteiger partial charge in [0.1, 0.15) is 5.82 Å². The molecular weight excluding hydrogens is 455 g/mol. The van der Waals surface area contributed by atoms with Gasteiger partial charge in [-0.05, 0) is 25.1 Å². The number of likely N-dealkylation sites (N-methyl/N-ethyl adjacent to an activating group) is 1. The van der Waals surface area contributed by atoms with E-state index in [1.165, 1.54) is 5.56 Å². The summed E-state index contributed by atoms with van der Waals surface area (Å²) in [6.45, 7) is 7.90. The quantitative estimate of drug-likeness (QED) is 0.385. The highest BCUT2D eigenvalue weighted by molar-refractivity contribution is 14.0. The van der Waals surface area contributed by atoms with Crippen molar-refractivity contribution in [1.82, 2.24) is 20.1 Å². The van der Waals surface area contributed by atoms with Crippen LogP contribution in [0.15, 0.2) is 23.3 Å². The summed E-state index contributed by atoms with van der Waals surface area (Å²) in [5, 5.41) is 3.47. The average molecular weight is 488 g/mol. The first-order valence-electron chi connectivity index (χ1n) is 9.52. The van der Waals surface area contributed by atoms with Crippen LogP contribution >= 0.6 is 24.0 Å². The number of nitrogens with zero attached hydrogens (tertiary/aromatic N) is 5. The minimum Gasteiger partial charge on any atom is -0.384 e. The zero-order valence-electron chi connectivity index (χ0n) is 16.7. The summed E-state index contributed by atoms with van der Waals surface area (Å²) in [5.74, 6) is 2.64. The fourth-order valence-electron chi connectivity index (χ4n) is 3.65. The van der Waals surface area contributed by atoms with Crippen molar-refractivity contribution in [2.24, 2.45) is 10.9 Å². The number of pyridine rings is 1. The molecule has 27 heavy (non-hydrogen) atoms. The van der Waals surface area contributed by atoms with Crippen LogP contribution in [0.2, 0.25) is 0 Å². The predicted octanol–water partition coefficient (Wildman–Crippen LogP) is 1.50. The van der Waals surface area contributed by atoms with Crippen LogP contribution in [-0.4, -0.2) is 87.8 Å². The Hall–Kier alpha value is -1.13. The normalized spacial score (nSPS) is 21.3. The Balaban J connectivity index is 0.00000261. The second kappa shape index (κ2) is 11.0. The van der Waals surface area contributed by atoms with Gasteiger partial charge in [0.2, 0.25) is 0 Å². The highest BCUT2D eigenvalue weighted by atomic mass is 127. The van der Waals surface area contributed by atoms with Crippen molar-refractivity contribution in [2.75, 3.05) is 72.0 Å². The van der Waals surface area contributed by atoms with Crippen molar-refractivity contribution in [2.45, 2.75) is 13.0 Å². The maximum absolute atomic E-state index is 5.28. The zero-order chi connectivity index (χ0) is 18.4. The number of methoxy groups -OCH3 is 1. The summed E-state index contributed by atoms with van der Waals surface area (Å²) in [7, 11) is 5.79. The number of piperazine rings is 1. The molecule has 0 aliphatic carbocycles. The van der Waals surface area contributed by atoms with Gasteiger partial charge in [0.15, 0.2) is 5.96 Å². The maximum atomic E-state index is 5.28. The lowest BCUT2D eigenvalue weighted by Crippen LogP contribution is -2.44. The summed E-state index contributed by atoms with van der Waals surface area (Å²) in [6, 6.07) is 4.30. The van der Waals surface area contributed by atoms with Crippen LogP contribution in [0.25, 0.3) is 0 Å². The summed E-state index contributed by atoms with van der Waals surface area (Å²) in [5.41, 5.74) is 1.18. The third kappa shape index (κ3) is 6.18. The van der Waals surface area contributed by atoms with E-state index in [2.05, 4.69) is 49.2 Å². The molecule has 1 aromatic heterocycles. The zero-order valence-corrected chi connectivity index (χ0v) is 19.1. The van der Waals surface area contributed by atoms with Crippen LogP contribution in [0.3, 0.4) is 0 Å². The molecule has 3 heterocycles. The largest absolute Gasteiger partial charge is 0.384 e. The Morgan fingerprint density at radius 2 is 2.04 bits per heavy atom. The monoisotopic (exact) mass is 488 g/mol. The molecule has 8 heteroatoms. The van der Waals surface area contributed by atoms with Crippen molar-refractivity contribution in [3.63, 3.8) is 0 Å². The van der Waals surface area contributed by atoms with Gasteiger partial charge in [0.25, 0.3) is 0 Å². The van der Waals surface area contributed by atoms with Crippen molar-refractivity contribution in [1.29, 1.82) is 0 Å². The second-order valence-electron chi connectivity index (χ2n) is 7.27. The van der Waals surface area contributed by atoms with Gasteiger partial charge >= 0.3 is 0 Å². The number of halogens is 1. The molecule has 0 radical (unpaired) electrons. The minimum atomic E-state index is 0. The van der Waals surface area contributed by atoms with E-state index in [0.29, 0.717) is 5.92 Å². The van der Waals surface area contributed by atoms with Gasteiger partial charge in [-0.1, -0.05) is 6.07 Å². The fourth-order valence-corrected chi connectivity index (χ4v) is 3.65. The molecule has 0 saturated carbocycles. The van der Waals surface area contributed by atoms with Crippen LogP contribution < -0.4 is 10.2 Å². The minimum absolute atomic E-state index is 0. The lowest BCUT2D eigenvalue weighted by Gasteiger charge is -2.33. The number of rotatable bonds is 5. The van der Waals surface area contributed by atoms with Gasteiger partial charge in [-0.15, -0.1) is 24.0 Å². The smallest absolute Gasteiger partial charge is 0.193 e. The predicted molar refractivity (Wildman–Crippen MR) is 121 cm³/mol. The highest BCUT2D eigenvalue weighted by Crippen LogP contribution is 2.17. The topological polar surface area (TPSA) is 56.2 Å². The fraction of sp³-hybridized carbons (Fsp3) is 0.684. The molecule has 7 nitrogen and oxygen atoms in total. The lowest BCUT2D eigenvalue weighted by atomic mass is 10.1. The molecule has 0 spiro atoms. The molecule has 3 rings (SSSR count). The first-order valence-corrected chi connectivity index (χ1v) is 9.52. The van der Waals surface area contributed by atoms with Gasteiger partial charge in [0, 0.05) is 72.1 Å². The molecule has 152 valence electrons. The van der Waals surface area contributed by atoms with Gasteiger partial charge < -0.3 is 24.8 Å². The molecule has 1 aromatic rings. The summed E-state index contributed by atoms with van der Waals surface area (Å²) in [4.78, 5) is 16.1. The van der Waals surface area contributed by atoms with E-state index in [1.807, 2.05) is 13.2 Å². The molecule has 1 N–H and O–H groups in total. The number of likely N-dealkylation sites (tertiary alicyclic amines) is 1. The summed E-state index contributed by atoms with van der Waals surface area (Å²) < 4.78 is 5.28. The number of hydrogen-bond acceptors (Lipinski definition) is 5. The first-order chi connectivity index (χ1) is 12.7. The van der Waals surface area contributed by atoms with Crippen molar-refractivity contribution >= 4 is 35.8 Å². The molecule has 2 fully saturated rings. The van der Waals surface area contributed by atoms with E-state index in [9.17, 15) is 0 Å². The number of guanidine groups is 1. The van der Waals surface area contributed by atoms with E-state index in [4.69, 9.17) is 4.74 Å². The van der Waals surface area contributed by atoms with Crippen molar-refractivity contribution in [3.05, 3.63) is 23.9 Å². The van der Waals surface area contributed by atoms with Gasteiger partial charge in [-0.2, -0.15) is 0 Å². The molecule has 0 amide bonds. The Bertz CT molecular complexity index is 588. The number of anilines is 1. The Labute approximate surface area is 180 Å². The van der Waals surface area contributed by atoms with E-state index in [0.717, 1.165) is 70.6 Å². The second-order valence-corrected chi connectivity index (χ2v) is 7.27. The van der Waals surface area contributed by atoms with Crippen LogP contribution in [0, 0.1) is 5.92 Å². The molecule has 2 saturated heterocycles. The summed E-state index contributed by atoms with van der Waals surface area (Å²) in [6.07, 6.45) is 3.14. The molecular formula is C19H33IN6O. The highest BCUT2D eigenvalue weighted by Gasteiger charge is 2.24. The SMILES string of the molecule is CN=C(NCc1ccc(N2CCN(C)CC2)nc1)N1CCC(COC)C1.I. The first kappa shape index (κ1) is 22.2. The van der Waals surface area contributed by atoms with Gasteiger partial charge in [-0.3, -0.25) is 4.99 Å². The van der Waals surface area contributed by atoms with Crippen LogP contribution in [0.4, 0.5) is 5.82 Å².